The van der Waals surface area contributed by atoms with Gasteiger partial charge >= 0.3 is 0 Å². The van der Waals surface area contributed by atoms with Crippen LogP contribution in [0.5, 0.6) is 11.6 Å². The Labute approximate surface area is 174 Å². The first kappa shape index (κ1) is 22.7. The molecule has 0 bridgehead atoms. The molecule has 1 aliphatic heterocycles. The summed E-state index contributed by atoms with van der Waals surface area (Å²) in [7, 11) is 0. The second kappa shape index (κ2) is 10.7. The topological polar surface area (TPSA) is 63.2 Å². The lowest BCUT2D eigenvalue weighted by Gasteiger charge is -2.30. The van der Waals surface area contributed by atoms with Crippen LogP contribution >= 0.6 is 40.7 Å². The van der Waals surface area contributed by atoms with Crippen LogP contribution in [0.1, 0.15) is 23.7 Å². The number of benzene rings is 1. The molecule has 26 heavy (non-hydrogen) atoms. The summed E-state index contributed by atoms with van der Waals surface area (Å²) < 4.78 is 6.76. The van der Waals surface area contributed by atoms with Crippen LogP contribution in [0.2, 0.25) is 0 Å². The number of carbonyl (C=O) groups excluding carboxylic acids is 1. The number of amides is 1. The highest BCUT2D eigenvalue weighted by atomic mass is 79.9. The number of hydrogen-bond donors (Lipinski definition) is 2. The number of piperidine rings is 1. The van der Waals surface area contributed by atoms with Gasteiger partial charge in [-0.3, -0.25) is 4.79 Å². The smallest absolute Gasteiger partial charge is 0.257 e. The van der Waals surface area contributed by atoms with E-state index in [4.69, 9.17) is 4.74 Å². The molecular formula is C18H22BrCl2N3O2. The number of nitrogens with zero attached hydrogens (tertiary/aromatic N) is 1. The first-order chi connectivity index (χ1) is 11.6. The minimum Gasteiger partial charge on any atom is -0.438 e. The van der Waals surface area contributed by atoms with Crippen molar-refractivity contribution in [3.8, 4) is 11.6 Å². The molecule has 2 N–H and O–H groups in total. The molecule has 0 radical (unpaired) electrons. The van der Waals surface area contributed by atoms with Crippen molar-refractivity contribution in [3.05, 3.63) is 52.6 Å². The molecule has 5 nitrogen and oxygen atoms in total. The molecule has 142 valence electrons. The summed E-state index contributed by atoms with van der Waals surface area (Å²) in [6, 6.07) is 11.1. The molecule has 3 rings (SSSR count). The van der Waals surface area contributed by atoms with Crippen molar-refractivity contribution in [1.29, 1.82) is 0 Å². The number of ether oxygens (including phenoxy) is 1. The molecule has 2 unspecified atom stereocenters. The molecule has 1 aromatic carbocycles. The van der Waals surface area contributed by atoms with Gasteiger partial charge in [-0.15, -0.1) is 24.8 Å². The number of nitrogens with one attached hydrogen (secondary N) is 2. The van der Waals surface area contributed by atoms with Gasteiger partial charge < -0.3 is 15.4 Å². The van der Waals surface area contributed by atoms with Crippen molar-refractivity contribution in [2.24, 2.45) is 5.92 Å². The van der Waals surface area contributed by atoms with Crippen molar-refractivity contribution in [1.82, 2.24) is 15.6 Å². The van der Waals surface area contributed by atoms with Crippen LogP contribution in [-0.4, -0.2) is 30.0 Å². The molecule has 8 heteroatoms. The molecule has 1 saturated heterocycles. The van der Waals surface area contributed by atoms with Gasteiger partial charge in [0.1, 0.15) is 11.3 Å². The average molecular weight is 463 g/mol. The Balaban J connectivity index is 0.00000169. The molecule has 0 saturated carbocycles. The zero-order valence-corrected chi connectivity index (χ0v) is 17.5. The SMILES string of the molecule is CC1CNCCC1NC(=O)c1cccnc1Oc1ccc(Br)cc1.Cl.Cl. The molecule has 0 spiro atoms. The average Bonchev–Trinajstić information content (AvgIpc) is 2.59. The van der Waals surface area contributed by atoms with Gasteiger partial charge in [0.2, 0.25) is 5.88 Å². The lowest BCUT2D eigenvalue weighted by molar-refractivity contribution is 0.0911. The molecule has 1 amide bonds. The number of halogens is 3. The molecule has 2 heterocycles. The van der Waals surface area contributed by atoms with Crippen molar-refractivity contribution in [2.45, 2.75) is 19.4 Å². The van der Waals surface area contributed by atoms with Crippen molar-refractivity contribution in [3.63, 3.8) is 0 Å². The fraction of sp³-hybridized carbons (Fsp3) is 0.333. The van der Waals surface area contributed by atoms with Crippen LogP contribution < -0.4 is 15.4 Å². The Morgan fingerprint density at radius 1 is 1.27 bits per heavy atom. The Bertz CT molecular complexity index is 716. The molecule has 1 aliphatic rings. The van der Waals surface area contributed by atoms with E-state index in [-0.39, 0.29) is 36.8 Å². The normalized spacial score (nSPS) is 18.8. The van der Waals surface area contributed by atoms with Gasteiger partial charge in [0, 0.05) is 16.7 Å². The van der Waals surface area contributed by atoms with E-state index in [2.05, 4.69) is 38.5 Å². The molecule has 1 aromatic heterocycles. The summed E-state index contributed by atoms with van der Waals surface area (Å²) in [6.45, 7) is 3.98. The van der Waals surface area contributed by atoms with Gasteiger partial charge in [0.15, 0.2) is 0 Å². The van der Waals surface area contributed by atoms with Gasteiger partial charge in [0.05, 0.1) is 0 Å². The highest BCUT2D eigenvalue weighted by molar-refractivity contribution is 9.10. The van der Waals surface area contributed by atoms with Crippen LogP contribution in [0.4, 0.5) is 0 Å². The quantitative estimate of drug-likeness (QED) is 0.714. The number of rotatable bonds is 4. The highest BCUT2D eigenvalue weighted by Crippen LogP contribution is 2.25. The van der Waals surface area contributed by atoms with Gasteiger partial charge in [-0.05, 0) is 61.8 Å². The zero-order chi connectivity index (χ0) is 16.9. The molecule has 0 aliphatic carbocycles. The maximum atomic E-state index is 12.7. The predicted molar refractivity (Wildman–Crippen MR) is 111 cm³/mol. The van der Waals surface area contributed by atoms with Crippen LogP contribution in [0, 0.1) is 5.92 Å². The number of pyridine rings is 1. The van der Waals surface area contributed by atoms with Crippen LogP contribution in [0.3, 0.4) is 0 Å². The summed E-state index contributed by atoms with van der Waals surface area (Å²) in [5.74, 6) is 1.21. The van der Waals surface area contributed by atoms with Crippen molar-refractivity contribution < 1.29 is 9.53 Å². The summed E-state index contributed by atoms with van der Waals surface area (Å²) >= 11 is 3.39. The van der Waals surface area contributed by atoms with E-state index >= 15 is 0 Å². The second-order valence-electron chi connectivity index (χ2n) is 5.96. The highest BCUT2D eigenvalue weighted by Gasteiger charge is 2.24. The maximum Gasteiger partial charge on any atom is 0.257 e. The number of aromatic nitrogens is 1. The third-order valence-electron chi connectivity index (χ3n) is 4.15. The molecule has 2 atom stereocenters. The van der Waals surface area contributed by atoms with Crippen molar-refractivity contribution in [2.75, 3.05) is 13.1 Å². The Morgan fingerprint density at radius 2 is 2.00 bits per heavy atom. The Morgan fingerprint density at radius 3 is 2.69 bits per heavy atom. The number of carbonyl (C=O) groups is 1. The van der Waals surface area contributed by atoms with Gasteiger partial charge in [0.25, 0.3) is 5.91 Å². The van der Waals surface area contributed by atoms with E-state index in [0.29, 0.717) is 23.1 Å². The van der Waals surface area contributed by atoms with Gasteiger partial charge in [-0.1, -0.05) is 22.9 Å². The van der Waals surface area contributed by atoms with E-state index in [1.807, 2.05) is 24.3 Å². The minimum absolute atomic E-state index is 0. The summed E-state index contributed by atoms with van der Waals surface area (Å²) in [5, 5.41) is 6.45. The zero-order valence-electron chi connectivity index (χ0n) is 14.3. The van der Waals surface area contributed by atoms with Crippen LogP contribution in [-0.2, 0) is 0 Å². The lowest BCUT2D eigenvalue weighted by atomic mass is 9.95. The lowest BCUT2D eigenvalue weighted by Crippen LogP contribution is -2.48. The van der Waals surface area contributed by atoms with E-state index in [0.717, 1.165) is 24.0 Å². The summed E-state index contributed by atoms with van der Waals surface area (Å²) in [6.07, 6.45) is 2.55. The minimum atomic E-state index is -0.144. The third kappa shape index (κ3) is 5.84. The van der Waals surface area contributed by atoms with E-state index in [1.165, 1.54) is 0 Å². The largest absolute Gasteiger partial charge is 0.438 e. The fourth-order valence-electron chi connectivity index (χ4n) is 2.73. The van der Waals surface area contributed by atoms with E-state index in [9.17, 15) is 4.79 Å². The monoisotopic (exact) mass is 461 g/mol. The predicted octanol–water partition coefficient (Wildman–Crippen LogP) is 4.21. The first-order valence-electron chi connectivity index (χ1n) is 8.03. The van der Waals surface area contributed by atoms with Gasteiger partial charge in [-0.2, -0.15) is 0 Å². The Kier molecular flexibility index (Phi) is 9.36. The van der Waals surface area contributed by atoms with E-state index < -0.39 is 0 Å². The van der Waals surface area contributed by atoms with Crippen LogP contribution in [0.15, 0.2) is 47.1 Å². The molecule has 2 aromatic rings. The fourth-order valence-corrected chi connectivity index (χ4v) is 3.00. The molecule has 1 fully saturated rings. The third-order valence-corrected chi connectivity index (χ3v) is 4.67. The first-order valence-corrected chi connectivity index (χ1v) is 8.83. The molecular weight excluding hydrogens is 441 g/mol. The summed E-state index contributed by atoms with van der Waals surface area (Å²) in [4.78, 5) is 16.9. The second-order valence-corrected chi connectivity index (χ2v) is 6.88. The van der Waals surface area contributed by atoms with Gasteiger partial charge in [-0.25, -0.2) is 4.98 Å². The van der Waals surface area contributed by atoms with Crippen molar-refractivity contribution >= 4 is 46.7 Å². The maximum absolute atomic E-state index is 12.7. The van der Waals surface area contributed by atoms with Crippen LogP contribution in [0.25, 0.3) is 0 Å². The summed E-state index contributed by atoms with van der Waals surface area (Å²) in [5.41, 5.74) is 0.450. The van der Waals surface area contributed by atoms with E-state index in [1.54, 1.807) is 18.3 Å². The Hall–Kier alpha value is -1.34. The standard InChI is InChI=1S/C18H20BrN3O2.2ClH/c1-12-11-20-10-8-16(12)22-17(23)15-3-2-9-21-18(15)24-14-6-4-13(19)5-7-14;;/h2-7,9,12,16,20H,8,10-11H2,1H3,(H,22,23);2*1H. The number of hydrogen-bond acceptors (Lipinski definition) is 4.